The molecule has 1 aromatic rings. The summed E-state index contributed by atoms with van der Waals surface area (Å²) in [6, 6.07) is 5.87. The van der Waals surface area contributed by atoms with Crippen molar-refractivity contribution in [1.29, 1.82) is 0 Å². The molecular formula is C33H47F5O3S. The highest BCUT2D eigenvalue weighted by molar-refractivity contribution is 7.84. The van der Waals surface area contributed by atoms with Crippen molar-refractivity contribution in [2.24, 2.45) is 23.2 Å². The minimum atomic E-state index is -5.55. The molecule has 0 saturated heterocycles. The van der Waals surface area contributed by atoms with E-state index in [1.54, 1.807) is 0 Å². The van der Waals surface area contributed by atoms with Gasteiger partial charge in [-0.2, -0.15) is 22.0 Å². The van der Waals surface area contributed by atoms with Gasteiger partial charge in [-0.05, 0) is 103 Å². The number of halogens is 5. The van der Waals surface area contributed by atoms with Crippen LogP contribution < -0.4 is 0 Å². The normalized spacial score (nSPS) is 30.1. The number of hydrogen-bond acceptors (Lipinski definition) is 3. The molecule has 0 bridgehead atoms. The van der Waals surface area contributed by atoms with E-state index in [-0.39, 0.29) is 11.2 Å². The van der Waals surface area contributed by atoms with Crippen molar-refractivity contribution in [3.8, 4) is 5.75 Å². The van der Waals surface area contributed by atoms with E-state index >= 15 is 0 Å². The maximum Gasteiger partial charge on any atom is 0.453 e. The van der Waals surface area contributed by atoms with Gasteiger partial charge in [-0.3, -0.25) is 4.21 Å². The lowest BCUT2D eigenvalue weighted by Crippen LogP contribution is -2.44. The summed E-state index contributed by atoms with van der Waals surface area (Å²) in [5.41, 5.74) is 3.65. The van der Waals surface area contributed by atoms with Gasteiger partial charge in [0.1, 0.15) is 5.75 Å². The van der Waals surface area contributed by atoms with Gasteiger partial charge in [0, 0.05) is 28.7 Å². The van der Waals surface area contributed by atoms with Gasteiger partial charge < -0.3 is 10.2 Å². The molecule has 0 heterocycles. The number of aliphatic hydroxyl groups is 1. The summed E-state index contributed by atoms with van der Waals surface area (Å²) in [6.07, 6.45) is 4.31. The van der Waals surface area contributed by atoms with E-state index in [9.17, 15) is 36.4 Å². The fraction of sp³-hybridized carbons (Fsp3) is 0.758. The van der Waals surface area contributed by atoms with Crippen molar-refractivity contribution in [3.63, 3.8) is 0 Å². The van der Waals surface area contributed by atoms with Gasteiger partial charge in [0.15, 0.2) is 0 Å². The van der Waals surface area contributed by atoms with Crippen molar-refractivity contribution in [1.82, 2.24) is 0 Å². The standard InChI is InChI=1S/C33H47F5O3S/c1-22-29(40)21-28-30-23(19-24-20-25(39)12-13-26(24)27(30)14-16-31(22,28)2)11-8-6-4-3-5-7-9-17-42(41)18-10-15-32(34,35)33(36,37)38/h12-13,20,23,27-30,39-40H,1,3-11,14-19,21H2,2H3/t23?,27?,28?,29-,30?,31-,42?/m1/s1. The van der Waals surface area contributed by atoms with Crippen LogP contribution in [0.5, 0.6) is 5.75 Å². The molecule has 4 rings (SSSR count). The largest absolute Gasteiger partial charge is 0.508 e. The fourth-order valence-electron chi connectivity index (χ4n) is 8.23. The Morgan fingerprint density at radius 1 is 1.00 bits per heavy atom. The molecule has 3 aliphatic carbocycles. The highest BCUT2D eigenvalue weighted by Crippen LogP contribution is 2.64. The fourth-order valence-corrected chi connectivity index (χ4v) is 9.43. The third kappa shape index (κ3) is 7.41. The number of fused-ring (bicyclic) bond motifs is 5. The third-order valence-electron chi connectivity index (χ3n) is 10.6. The lowest BCUT2D eigenvalue weighted by atomic mass is 9.52. The van der Waals surface area contributed by atoms with E-state index in [4.69, 9.17) is 0 Å². The molecule has 238 valence electrons. The number of hydrogen-bond donors (Lipinski definition) is 2. The molecule has 2 fully saturated rings. The SMILES string of the molecule is C=C1[C@H](O)CC2C3C(CCCCCCCCCS(=O)CCCC(F)(F)C(F)(F)F)Cc4cc(O)ccc4C3CC[C@]12C. The van der Waals surface area contributed by atoms with Crippen LogP contribution >= 0.6 is 0 Å². The maximum absolute atomic E-state index is 13.0. The van der Waals surface area contributed by atoms with Crippen LogP contribution in [0.1, 0.15) is 107 Å². The van der Waals surface area contributed by atoms with E-state index in [2.05, 4.69) is 19.6 Å². The minimum Gasteiger partial charge on any atom is -0.508 e. The van der Waals surface area contributed by atoms with Crippen LogP contribution in [0.3, 0.4) is 0 Å². The van der Waals surface area contributed by atoms with E-state index in [0.29, 0.717) is 41.6 Å². The Hall–Kier alpha value is -1.48. The molecule has 3 nitrogen and oxygen atoms in total. The predicted octanol–water partition coefficient (Wildman–Crippen LogP) is 8.85. The van der Waals surface area contributed by atoms with Gasteiger partial charge in [0.2, 0.25) is 0 Å². The molecule has 0 aromatic heterocycles. The van der Waals surface area contributed by atoms with Gasteiger partial charge in [-0.1, -0.05) is 58.1 Å². The van der Waals surface area contributed by atoms with Crippen LogP contribution in [0.15, 0.2) is 30.4 Å². The third-order valence-corrected chi connectivity index (χ3v) is 12.1. The summed E-state index contributed by atoms with van der Waals surface area (Å²) in [5.74, 6) is -2.25. The van der Waals surface area contributed by atoms with E-state index in [1.165, 1.54) is 11.1 Å². The average Bonchev–Trinajstić information content (AvgIpc) is 3.14. The molecule has 42 heavy (non-hydrogen) atoms. The summed E-state index contributed by atoms with van der Waals surface area (Å²) < 4.78 is 74.6. The second kappa shape index (κ2) is 13.7. The Morgan fingerprint density at radius 3 is 2.33 bits per heavy atom. The topological polar surface area (TPSA) is 57.5 Å². The van der Waals surface area contributed by atoms with Crippen molar-refractivity contribution >= 4 is 10.8 Å². The van der Waals surface area contributed by atoms with Crippen molar-refractivity contribution in [2.75, 3.05) is 11.5 Å². The zero-order chi connectivity index (χ0) is 30.7. The Balaban J connectivity index is 1.17. The molecule has 1 aromatic carbocycles. The van der Waals surface area contributed by atoms with Crippen LogP contribution in [0.2, 0.25) is 0 Å². The highest BCUT2D eigenvalue weighted by atomic mass is 32.2. The first-order valence-electron chi connectivity index (χ1n) is 15.7. The minimum absolute atomic E-state index is 0.00886. The first kappa shape index (κ1) is 33.4. The molecule has 7 atom stereocenters. The summed E-state index contributed by atoms with van der Waals surface area (Å²) in [5, 5.41) is 20.9. The number of aliphatic hydroxyl groups excluding tert-OH is 1. The van der Waals surface area contributed by atoms with Gasteiger partial charge in [-0.25, -0.2) is 0 Å². The maximum atomic E-state index is 13.0. The summed E-state index contributed by atoms with van der Waals surface area (Å²) in [7, 11) is -1.36. The molecule has 0 spiro atoms. The predicted molar refractivity (Wildman–Crippen MR) is 157 cm³/mol. The van der Waals surface area contributed by atoms with Gasteiger partial charge in [0.25, 0.3) is 0 Å². The smallest absolute Gasteiger partial charge is 0.453 e. The molecule has 2 saturated carbocycles. The highest BCUT2D eigenvalue weighted by Gasteiger charge is 2.57. The van der Waals surface area contributed by atoms with E-state index < -0.39 is 41.8 Å². The average molecular weight is 619 g/mol. The molecular weight excluding hydrogens is 571 g/mol. The number of aromatic hydroxyl groups is 1. The second-order valence-corrected chi connectivity index (χ2v) is 15.0. The lowest BCUT2D eigenvalue weighted by Gasteiger charge is -2.52. The quantitative estimate of drug-likeness (QED) is 0.124. The summed E-state index contributed by atoms with van der Waals surface area (Å²) in [6.45, 7) is 6.61. The molecule has 5 unspecified atom stereocenters. The number of phenolic OH excluding ortho intramolecular Hbond substituents is 1. The Labute approximate surface area is 249 Å². The first-order chi connectivity index (χ1) is 19.7. The van der Waals surface area contributed by atoms with Gasteiger partial charge >= 0.3 is 12.1 Å². The van der Waals surface area contributed by atoms with Crippen molar-refractivity contribution in [2.45, 2.75) is 121 Å². The number of benzene rings is 1. The van der Waals surface area contributed by atoms with Crippen LogP contribution in [-0.2, 0) is 17.2 Å². The van der Waals surface area contributed by atoms with E-state index in [0.717, 1.165) is 76.2 Å². The van der Waals surface area contributed by atoms with Crippen molar-refractivity contribution in [3.05, 3.63) is 41.5 Å². The number of alkyl halides is 5. The van der Waals surface area contributed by atoms with Crippen LogP contribution in [0.25, 0.3) is 0 Å². The Kier molecular flexibility index (Phi) is 10.9. The van der Waals surface area contributed by atoms with Crippen LogP contribution in [0, 0.1) is 23.2 Å². The molecule has 2 N–H and O–H groups in total. The Bertz CT molecular complexity index is 1110. The monoisotopic (exact) mass is 618 g/mol. The number of phenols is 1. The first-order valence-corrected chi connectivity index (χ1v) is 17.2. The molecule has 0 amide bonds. The second-order valence-electron chi connectivity index (χ2n) is 13.3. The molecule has 9 heteroatoms. The zero-order valence-electron chi connectivity index (χ0n) is 24.7. The molecule has 3 aliphatic rings. The molecule has 0 aliphatic heterocycles. The summed E-state index contributed by atoms with van der Waals surface area (Å²) in [4.78, 5) is 0. The summed E-state index contributed by atoms with van der Waals surface area (Å²) >= 11 is 0. The molecule has 0 radical (unpaired) electrons. The van der Waals surface area contributed by atoms with Crippen LogP contribution in [-0.4, -0.2) is 44.1 Å². The van der Waals surface area contributed by atoms with Crippen LogP contribution in [0.4, 0.5) is 22.0 Å². The zero-order valence-corrected chi connectivity index (χ0v) is 25.6. The number of unbranched alkanes of at least 4 members (excludes halogenated alkanes) is 6. The lowest BCUT2D eigenvalue weighted by molar-refractivity contribution is -0.284. The van der Waals surface area contributed by atoms with E-state index in [1.807, 2.05) is 12.1 Å². The van der Waals surface area contributed by atoms with Gasteiger partial charge in [-0.15, -0.1) is 0 Å². The number of rotatable bonds is 14. The Morgan fingerprint density at radius 2 is 1.64 bits per heavy atom. The van der Waals surface area contributed by atoms with Crippen molar-refractivity contribution < 1.29 is 36.4 Å². The van der Waals surface area contributed by atoms with Gasteiger partial charge in [0.05, 0.1) is 6.10 Å².